The van der Waals surface area contributed by atoms with Crippen molar-refractivity contribution in [2.24, 2.45) is 0 Å². The highest BCUT2D eigenvalue weighted by molar-refractivity contribution is 7.99. The molecule has 1 rings (SSSR count). The summed E-state index contributed by atoms with van der Waals surface area (Å²) in [6, 6.07) is 4.53. The van der Waals surface area contributed by atoms with Crippen molar-refractivity contribution >= 4 is 17.4 Å². The molecule has 6 nitrogen and oxygen atoms in total. The number of benzene rings is 1. The molecule has 0 bridgehead atoms. The second kappa shape index (κ2) is 7.20. The third-order valence-corrected chi connectivity index (χ3v) is 3.22. The fourth-order valence-electron chi connectivity index (χ4n) is 1.25. The number of aliphatic hydroxyl groups is 2. The van der Waals surface area contributed by atoms with Gasteiger partial charge in [0.25, 0.3) is 0 Å². The fourth-order valence-corrected chi connectivity index (χ4v) is 2.10. The first-order valence-corrected chi connectivity index (χ1v) is 6.40. The van der Waals surface area contributed by atoms with Gasteiger partial charge in [-0.05, 0) is 13.0 Å². The summed E-state index contributed by atoms with van der Waals surface area (Å²) in [5.74, 6) is 0.533. The van der Waals surface area contributed by atoms with Crippen molar-refractivity contribution in [2.75, 3.05) is 19.0 Å². The first kappa shape index (κ1) is 14.7. The predicted molar refractivity (Wildman–Crippen MR) is 68.1 cm³/mol. The first-order chi connectivity index (χ1) is 8.58. The van der Waals surface area contributed by atoms with Crippen LogP contribution in [0, 0.1) is 10.1 Å². The van der Waals surface area contributed by atoms with Crippen LogP contribution in [-0.4, -0.2) is 40.2 Å². The van der Waals surface area contributed by atoms with Gasteiger partial charge in [0.05, 0.1) is 24.2 Å². The zero-order chi connectivity index (χ0) is 13.5. The summed E-state index contributed by atoms with van der Waals surface area (Å²) in [5, 5.41) is 28.7. The predicted octanol–water partition coefficient (Wildman–Crippen LogP) is 1.44. The van der Waals surface area contributed by atoms with Gasteiger partial charge >= 0.3 is 5.69 Å². The van der Waals surface area contributed by atoms with Gasteiger partial charge in [-0.1, -0.05) is 0 Å². The number of hydrogen-bond acceptors (Lipinski definition) is 6. The molecule has 0 amide bonds. The average Bonchev–Trinajstić information content (AvgIpc) is 2.36. The molecule has 0 saturated heterocycles. The zero-order valence-corrected chi connectivity index (χ0v) is 10.7. The van der Waals surface area contributed by atoms with Crippen molar-refractivity contribution in [1.82, 2.24) is 0 Å². The fraction of sp³-hybridized carbons (Fsp3) is 0.455. The Morgan fingerprint density at radius 2 is 2.28 bits per heavy atom. The van der Waals surface area contributed by atoms with E-state index in [1.807, 2.05) is 0 Å². The summed E-state index contributed by atoms with van der Waals surface area (Å²) in [6.45, 7) is 1.78. The Kier molecular flexibility index (Phi) is 5.90. The van der Waals surface area contributed by atoms with Crippen molar-refractivity contribution in [1.29, 1.82) is 0 Å². The molecular weight excluding hydrogens is 258 g/mol. The zero-order valence-electron chi connectivity index (χ0n) is 9.91. The van der Waals surface area contributed by atoms with Crippen LogP contribution in [0.1, 0.15) is 6.92 Å². The summed E-state index contributed by atoms with van der Waals surface area (Å²) in [4.78, 5) is 11.0. The normalized spacial score (nSPS) is 12.2. The van der Waals surface area contributed by atoms with Crippen LogP contribution in [0.25, 0.3) is 0 Å². The molecule has 0 aromatic heterocycles. The number of hydrogen-bond donors (Lipinski definition) is 2. The number of thioether (sulfide) groups is 1. The van der Waals surface area contributed by atoms with Gasteiger partial charge in [0.15, 0.2) is 5.75 Å². The molecule has 0 saturated carbocycles. The molecule has 0 aliphatic heterocycles. The second-order valence-electron chi connectivity index (χ2n) is 3.47. The van der Waals surface area contributed by atoms with Crippen molar-refractivity contribution in [3.05, 3.63) is 28.3 Å². The van der Waals surface area contributed by atoms with Crippen molar-refractivity contribution in [2.45, 2.75) is 17.9 Å². The number of aliphatic hydroxyl groups excluding tert-OH is 2. The van der Waals surface area contributed by atoms with Crippen LogP contribution in [0.5, 0.6) is 5.75 Å². The molecule has 0 aliphatic rings. The summed E-state index contributed by atoms with van der Waals surface area (Å²) in [6.07, 6.45) is -0.805. The third kappa shape index (κ3) is 4.17. The third-order valence-electron chi connectivity index (χ3n) is 2.08. The number of ether oxygens (including phenoxy) is 1. The topological polar surface area (TPSA) is 92.8 Å². The maximum absolute atomic E-state index is 10.8. The average molecular weight is 273 g/mol. The quantitative estimate of drug-likeness (QED) is 0.443. The Hall–Kier alpha value is -1.31. The van der Waals surface area contributed by atoms with E-state index in [-0.39, 0.29) is 18.0 Å². The first-order valence-electron chi connectivity index (χ1n) is 5.41. The molecule has 2 N–H and O–H groups in total. The Morgan fingerprint density at radius 1 is 1.56 bits per heavy atom. The molecular formula is C11H15NO5S. The van der Waals surface area contributed by atoms with Crippen molar-refractivity contribution in [3.8, 4) is 5.75 Å². The molecule has 0 heterocycles. The number of nitrogens with zero attached hydrogens (tertiary/aromatic N) is 1. The molecule has 0 fully saturated rings. The van der Waals surface area contributed by atoms with Gasteiger partial charge in [-0.15, -0.1) is 11.8 Å². The minimum atomic E-state index is -0.805. The maximum Gasteiger partial charge on any atom is 0.310 e. The smallest absolute Gasteiger partial charge is 0.310 e. The van der Waals surface area contributed by atoms with E-state index in [0.29, 0.717) is 12.4 Å². The van der Waals surface area contributed by atoms with E-state index < -0.39 is 11.0 Å². The molecule has 0 spiro atoms. The Labute approximate surface area is 109 Å². The molecule has 18 heavy (non-hydrogen) atoms. The van der Waals surface area contributed by atoms with Gasteiger partial charge in [-0.25, -0.2) is 0 Å². The number of rotatable bonds is 7. The molecule has 0 aliphatic carbocycles. The Morgan fingerprint density at radius 3 is 2.83 bits per heavy atom. The monoisotopic (exact) mass is 273 g/mol. The highest BCUT2D eigenvalue weighted by Gasteiger charge is 2.15. The van der Waals surface area contributed by atoms with Crippen molar-refractivity contribution < 1.29 is 19.9 Å². The van der Waals surface area contributed by atoms with Crippen LogP contribution in [-0.2, 0) is 0 Å². The molecule has 0 radical (unpaired) electrons. The Bertz CT molecular complexity index is 412. The van der Waals surface area contributed by atoms with E-state index in [1.54, 1.807) is 19.1 Å². The minimum absolute atomic E-state index is 0.0797. The summed E-state index contributed by atoms with van der Waals surface area (Å²) < 4.78 is 5.21. The van der Waals surface area contributed by atoms with Gasteiger partial charge in [0.1, 0.15) is 0 Å². The van der Waals surface area contributed by atoms with Crippen molar-refractivity contribution in [3.63, 3.8) is 0 Å². The Balaban J connectivity index is 2.82. The lowest BCUT2D eigenvalue weighted by molar-refractivity contribution is -0.385. The largest absolute Gasteiger partial charge is 0.487 e. The maximum atomic E-state index is 10.8. The van der Waals surface area contributed by atoms with Gasteiger partial charge in [0.2, 0.25) is 0 Å². The van der Waals surface area contributed by atoms with E-state index in [1.165, 1.54) is 17.8 Å². The van der Waals surface area contributed by atoms with E-state index in [0.717, 1.165) is 4.90 Å². The van der Waals surface area contributed by atoms with E-state index >= 15 is 0 Å². The molecule has 1 aromatic carbocycles. The molecule has 7 heteroatoms. The lowest BCUT2D eigenvalue weighted by Gasteiger charge is -2.08. The van der Waals surface area contributed by atoms with Crippen LogP contribution in [0.2, 0.25) is 0 Å². The molecule has 1 aromatic rings. The minimum Gasteiger partial charge on any atom is -0.487 e. The summed E-state index contributed by atoms with van der Waals surface area (Å²) in [7, 11) is 0. The highest BCUT2D eigenvalue weighted by Crippen LogP contribution is 2.32. The molecule has 100 valence electrons. The van der Waals surface area contributed by atoms with Gasteiger partial charge < -0.3 is 14.9 Å². The van der Waals surface area contributed by atoms with Gasteiger partial charge in [-0.3, -0.25) is 10.1 Å². The number of nitro groups is 1. The highest BCUT2D eigenvalue weighted by atomic mass is 32.2. The second-order valence-corrected chi connectivity index (χ2v) is 4.56. The van der Waals surface area contributed by atoms with Crippen LogP contribution in [0.15, 0.2) is 23.1 Å². The molecule has 1 unspecified atom stereocenters. The van der Waals surface area contributed by atoms with Gasteiger partial charge in [-0.2, -0.15) is 0 Å². The summed E-state index contributed by atoms with van der Waals surface area (Å²) >= 11 is 1.30. The van der Waals surface area contributed by atoms with Crippen LogP contribution < -0.4 is 4.74 Å². The van der Waals surface area contributed by atoms with Crippen LogP contribution >= 0.6 is 11.8 Å². The van der Waals surface area contributed by atoms with Gasteiger partial charge in [0, 0.05) is 22.8 Å². The van der Waals surface area contributed by atoms with E-state index in [4.69, 9.17) is 9.84 Å². The number of nitro benzene ring substituents is 1. The van der Waals surface area contributed by atoms with E-state index in [9.17, 15) is 15.2 Å². The van der Waals surface area contributed by atoms with Crippen LogP contribution in [0.3, 0.4) is 0 Å². The van der Waals surface area contributed by atoms with E-state index in [2.05, 4.69) is 0 Å². The molecule has 1 atom stereocenters. The van der Waals surface area contributed by atoms with Crippen LogP contribution in [0.4, 0.5) is 5.69 Å². The summed E-state index contributed by atoms with van der Waals surface area (Å²) in [5.41, 5.74) is -0.0797. The lowest BCUT2D eigenvalue weighted by atomic mass is 10.3. The standard InChI is InChI=1S/C11H15NO5S/c1-2-17-11-5-9(18-7-8(14)6-13)3-4-10(11)12(15)16/h3-5,8,13-14H,2,6-7H2,1H3. The SMILES string of the molecule is CCOc1cc(SCC(O)CO)ccc1[N+](=O)[O-]. The lowest BCUT2D eigenvalue weighted by Crippen LogP contribution is -2.14.